The molecule has 0 saturated heterocycles. The molecule has 0 bridgehead atoms. The lowest BCUT2D eigenvalue weighted by molar-refractivity contribution is -0.141. The van der Waals surface area contributed by atoms with Crippen LogP contribution >= 0.6 is 0 Å². The third kappa shape index (κ3) is 17.4. The first kappa shape index (κ1) is 58.1. The van der Waals surface area contributed by atoms with Gasteiger partial charge in [0.15, 0.2) is 11.5 Å². The van der Waals surface area contributed by atoms with Gasteiger partial charge in [0, 0.05) is 24.2 Å². The van der Waals surface area contributed by atoms with E-state index >= 15 is 0 Å². The maximum Gasteiger partial charge on any atom is 0.338 e. The average molecular weight is 796 g/mol. The number of esters is 2. The molecule has 0 fully saturated rings. The summed E-state index contributed by atoms with van der Waals surface area (Å²) < 4.78 is 9.55. The normalized spacial score (nSPS) is 11.6. The summed E-state index contributed by atoms with van der Waals surface area (Å²) in [7, 11) is 2.41. The molecule has 0 heterocycles. The second-order valence-electron chi connectivity index (χ2n) is 12.2. The van der Waals surface area contributed by atoms with E-state index in [-0.39, 0.29) is 79.6 Å². The van der Waals surface area contributed by atoms with Crippen molar-refractivity contribution in [3.8, 4) is 0 Å². The number of methoxy groups -OCH3 is 2. The summed E-state index contributed by atoms with van der Waals surface area (Å²) in [5, 5.41) is 14.9. The van der Waals surface area contributed by atoms with E-state index in [1.54, 1.807) is 31.2 Å². The summed E-state index contributed by atoms with van der Waals surface area (Å²) in [4.78, 5) is 79.0. The SMILES string of the molecule is C.C.C.C.C.C.CCC(CCC(CCC(C)C(=O)O)C(=O)Nc1ccc(NC(=O)C(=NCc2cc(C(=O)OC)ccc2C(=O)OC)C(C)=O)cc1)c1ccccc1. The Kier molecular flexibility index (Phi) is 29.2. The van der Waals surface area contributed by atoms with Gasteiger partial charge in [-0.15, -0.1) is 0 Å². The highest BCUT2D eigenvalue weighted by Gasteiger charge is 2.24. The molecule has 3 atom stereocenters. The van der Waals surface area contributed by atoms with E-state index in [0.717, 1.165) is 12.8 Å². The van der Waals surface area contributed by atoms with Crippen LogP contribution in [0.5, 0.6) is 0 Å². The van der Waals surface area contributed by atoms with E-state index in [1.807, 2.05) is 18.2 Å². The Balaban J connectivity index is -0.00000234. The second kappa shape index (κ2) is 28.7. The molecule has 0 aliphatic heterocycles. The molecule has 3 rings (SSSR count). The van der Waals surface area contributed by atoms with Gasteiger partial charge < -0.3 is 25.2 Å². The van der Waals surface area contributed by atoms with E-state index in [1.165, 1.54) is 44.9 Å². The third-order valence-electron chi connectivity index (χ3n) is 8.67. The molecule has 0 aliphatic rings. The number of amides is 2. The Labute approximate surface area is 341 Å². The number of carbonyl (C=O) groups is 6. The van der Waals surface area contributed by atoms with Gasteiger partial charge in [0.1, 0.15) is 0 Å². The minimum atomic E-state index is -0.904. The predicted octanol–water partition coefficient (Wildman–Crippen LogP) is 10.3. The van der Waals surface area contributed by atoms with Gasteiger partial charge in [-0.3, -0.25) is 24.2 Å². The van der Waals surface area contributed by atoms with Crippen LogP contribution < -0.4 is 10.6 Å². The lowest BCUT2D eigenvalue weighted by Crippen LogP contribution is -2.29. The minimum absolute atomic E-state index is 0. The lowest BCUT2D eigenvalue weighted by atomic mass is 9.85. The van der Waals surface area contributed by atoms with Gasteiger partial charge in [-0.05, 0) is 91.6 Å². The quantitative estimate of drug-likeness (QED) is 0.0642. The molecule has 0 radical (unpaired) electrons. The monoisotopic (exact) mass is 796 g/mol. The molecule has 12 nitrogen and oxygen atoms in total. The number of Topliss-reactive ketones (excluding diaryl/α,β-unsaturated/α-hetero) is 1. The highest BCUT2D eigenvalue weighted by molar-refractivity contribution is 6.67. The maximum atomic E-state index is 13.5. The van der Waals surface area contributed by atoms with E-state index in [2.05, 4.69) is 34.7 Å². The fourth-order valence-electron chi connectivity index (χ4n) is 5.57. The number of hydrogen-bond donors (Lipinski definition) is 3. The molecule has 318 valence electrons. The van der Waals surface area contributed by atoms with Gasteiger partial charge >= 0.3 is 17.9 Å². The van der Waals surface area contributed by atoms with Crippen LogP contribution in [-0.4, -0.2) is 60.5 Å². The number of ketones is 1. The number of rotatable bonds is 18. The van der Waals surface area contributed by atoms with Crippen LogP contribution in [0.4, 0.5) is 11.4 Å². The van der Waals surface area contributed by atoms with Crippen molar-refractivity contribution >= 4 is 52.6 Å². The first-order valence-corrected chi connectivity index (χ1v) is 16.7. The van der Waals surface area contributed by atoms with Gasteiger partial charge in [-0.2, -0.15) is 0 Å². The highest BCUT2D eigenvalue weighted by atomic mass is 16.5. The van der Waals surface area contributed by atoms with Crippen molar-refractivity contribution in [2.75, 3.05) is 24.9 Å². The molecule has 3 N–H and O–H groups in total. The Morgan fingerprint density at radius 2 is 1.26 bits per heavy atom. The highest BCUT2D eigenvalue weighted by Crippen LogP contribution is 2.29. The summed E-state index contributed by atoms with van der Waals surface area (Å²) >= 11 is 0. The number of ether oxygens (including phenoxy) is 2. The van der Waals surface area contributed by atoms with Gasteiger partial charge in [0.2, 0.25) is 5.91 Å². The van der Waals surface area contributed by atoms with E-state index < -0.39 is 47.1 Å². The van der Waals surface area contributed by atoms with Gasteiger partial charge in [0.05, 0.1) is 37.8 Å². The second-order valence-corrected chi connectivity index (χ2v) is 12.2. The van der Waals surface area contributed by atoms with Crippen molar-refractivity contribution in [1.82, 2.24) is 0 Å². The van der Waals surface area contributed by atoms with Crippen LogP contribution in [0.2, 0.25) is 0 Å². The molecule has 0 aromatic heterocycles. The standard InChI is InChI=1S/C39H45N3O9.6CH4/c1-6-26(27-10-8-7-9-11-27)14-15-28(13-12-24(2)37(46)47)35(44)41-31-17-19-32(20-18-31)42-36(45)34(25(3)43)40-23-30-22-29(38(48)50-4)16-21-33(30)39(49)51-5;;;;;;/h7-11,16-22,24,26,28H,6,12-15,23H2,1-5H3,(H,41,44)(H,42,45)(H,46,47);6*1H4. The minimum Gasteiger partial charge on any atom is -0.481 e. The fraction of sp³-hybridized carbons (Fsp3) is 0.444. The number of carboxylic acid groups (broad SMARTS) is 1. The van der Waals surface area contributed by atoms with E-state index in [0.29, 0.717) is 30.6 Å². The number of benzene rings is 3. The molecule has 0 saturated carbocycles. The first-order chi connectivity index (χ1) is 24.4. The molecule has 3 unspecified atom stereocenters. The number of nitrogens with one attached hydrogen (secondary N) is 2. The zero-order valence-corrected chi connectivity index (χ0v) is 29.6. The van der Waals surface area contributed by atoms with Crippen LogP contribution in [0.3, 0.4) is 0 Å². The van der Waals surface area contributed by atoms with Crippen LogP contribution in [0.25, 0.3) is 0 Å². The Morgan fingerprint density at radius 3 is 1.77 bits per heavy atom. The summed E-state index contributed by atoms with van der Waals surface area (Å²) in [6, 6.07) is 20.6. The van der Waals surface area contributed by atoms with E-state index in [4.69, 9.17) is 9.47 Å². The lowest BCUT2D eigenvalue weighted by Gasteiger charge is -2.21. The first-order valence-electron chi connectivity index (χ1n) is 16.7. The predicted molar refractivity (Wildman–Crippen MR) is 233 cm³/mol. The molecule has 3 aromatic rings. The van der Waals surface area contributed by atoms with Crippen molar-refractivity contribution in [2.24, 2.45) is 16.8 Å². The van der Waals surface area contributed by atoms with Crippen molar-refractivity contribution in [3.63, 3.8) is 0 Å². The van der Waals surface area contributed by atoms with Gasteiger partial charge in [-0.1, -0.05) is 88.7 Å². The molecule has 2 amide bonds. The fourth-order valence-corrected chi connectivity index (χ4v) is 5.57. The van der Waals surface area contributed by atoms with Crippen molar-refractivity contribution in [2.45, 2.75) is 110 Å². The van der Waals surface area contributed by atoms with Crippen LogP contribution in [-0.2, 0) is 35.2 Å². The summed E-state index contributed by atoms with van der Waals surface area (Å²) in [5.41, 5.74) is 2.10. The number of aliphatic imine (C=N–C) groups is 1. The zero-order valence-electron chi connectivity index (χ0n) is 29.6. The summed E-state index contributed by atoms with van der Waals surface area (Å²) in [5.74, 6) is -4.59. The Hall–Kier alpha value is -5.65. The molecule has 0 aliphatic carbocycles. The third-order valence-corrected chi connectivity index (χ3v) is 8.67. The smallest absolute Gasteiger partial charge is 0.338 e. The molecule has 3 aromatic carbocycles. The van der Waals surface area contributed by atoms with Gasteiger partial charge in [0.25, 0.3) is 5.91 Å². The topological polar surface area (TPSA) is 178 Å². The summed E-state index contributed by atoms with van der Waals surface area (Å²) in [6.45, 7) is 4.64. The summed E-state index contributed by atoms with van der Waals surface area (Å²) in [6.07, 6.45) is 3.04. The molecule has 0 spiro atoms. The number of nitrogens with zero attached hydrogens (tertiary/aromatic N) is 1. The Morgan fingerprint density at radius 1 is 0.719 bits per heavy atom. The number of carbonyl (C=O) groups excluding carboxylic acids is 5. The zero-order chi connectivity index (χ0) is 37.5. The maximum absolute atomic E-state index is 13.5. The van der Waals surface area contributed by atoms with Crippen LogP contribution in [0.15, 0.2) is 77.8 Å². The molecule has 57 heavy (non-hydrogen) atoms. The van der Waals surface area contributed by atoms with Crippen molar-refractivity contribution in [1.29, 1.82) is 0 Å². The van der Waals surface area contributed by atoms with Crippen molar-refractivity contribution in [3.05, 3.63) is 95.1 Å². The van der Waals surface area contributed by atoms with Gasteiger partial charge in [-0.25, -0.2) is 9.59 Å². The number of anilines is 2. The van der Waals surface area contributed by atoms with Crippen LogP contribution in [0.1, 0.15) is 135 Å². The number of carboxylic acids is 1. The average Bonchev–Trinajstić information content (AvgIpc) is 3.13. The number of aliphatic carboxylic acids is 1. The molecular weight excluding hydrogens is 727 g/mol. The van der Waals surface area contributed by atoms with Crippen LogP contribution in [0, 0.1) is 11.8 Å². The number of hydrogen-bond acceptors (Lipinski definition) is 9. The largest absolute Gasteiger partial charge is 0.481 e. The molecule has 12 heteroatoms. The Bertz CT molecular complexity index is 1740. The van der Waals surface area contributed by atoms with Crippen molar-refractivity contribution < 1.29 is 43.3 Å². The molecular formula is C45H69N3O9. The van der Waals surface area contributed by atoms with E-state index in [9.17, 15) is 33.9 Å².